The number of hydrogen-bond donors (Lipinski definition) is 0. The summed E-state index contributed by atoms with van der Waals surface area (Å²) in [4.78, 5) is 0. The van der Waals surface area contributed by atoms with Gasteiger partial charge in [-0.05, 0) is 25.0 Å². The van der Waals surface area contributed by atoms with Gasteiger partial charge in [-0.2, -0.15) is 0 Å². The molecule has 0 saturated carbocycles. The maximum atomic E-state index is 13.1. The Morgan fingerprint density at radius 1 is 1.50 bits per heavy atom. The minimum Gasteiger partial charge on any atom is -0.207 e. The molecule has 0 aliphatic carbocycles. The third-order valence-electron chi connectivity index (χ3n) is 1.66. The van der Waals surface area contributed by atoms with Crippen LogP contribution in [0.5, 0.6) is 0 Å². The van der Waals surface area contributed by atoms with Gasteiger partial charge in [0.25, 0.3) is 0 Å². The van der Waals surface area contributed by atoms with Crippen molar-refractivity contribution in [3.63, 3.8) is 0 Å². The highest BCUT2D eigenvalue weighted by Crippen LogP contribution is 2.20. The van der Waals surface area contributed by atoms with Crippen molar-refractivity contribution < 1.29 is 4.39 Å². The van der Waals surface area contributed by atoms with Gasteiger partial charge in [0.2, 0.25) is 0 Å². The van der Waals surface area contributed by atoms with E-state index in [9.17, 15) is 4.39 Å². The van der Waals surface area contributed by atoms with Crippen molar-refractivity contribution in [3.05, 3.63) is 47.3 Å². The van der Waals surface area contributed by atoms with E-state index in [0.717, 1.165) is 6.42 Å². The van der Waals surface area contributed by atoms with Crippen LogP contribution in [0.3, 0.4) is 0 Å². The van der Waals surface area contributed by atoms with Crippen LogP contribution in [-0.2, 0) is 6.42 Å². The third-order valence-corrected chi connectivity index (χ3v) is 2.01. The quantitative estimate of drug-likeness (QED) is 0.630. The van der Waals surface area contributed by atoms with E-state index in [0.29, 0.717) is 17.0 Å². The average Bonchev–Trinajstić information content (AvgIpc) is 2.04. The van der Waals surface area contributed by atoms with Gasteiger partial charge >= 0.3 is 0 Å². The fraction of sp³-hybridized carbons (Fsp3) is 0.200. The summed E-state index contributed by atoms with van der Waals surface area (Å²) >= 11 is 5.79. The Balaban J connectivity index is 2.88. The summed E-state index contributed by atoms with van der Waals surface area (Å²) in [5, 5.41) is 0.497. The zero-order valence-corrected chi connectivity index (χ0v) is 7.44. The molecule has 0 aromatic heterocycles. The Bertz CT molecular complexity index is 261. The van der Waals surface area contributed by atoms with Crippen LogP contribution in [0.15, 0.2) is 30.9 Å². The summed E-state index contributed by atoms with van der Waals surface area (Å²) in [5.41, 5.74) is 0.582. The van der Waals surface area contributed by atoms with Crippen molar-refractivity contribution in [2.75, 3.05) is 0 Å². The van der Waals surface area contributed by atoms with Crippen LogP contribution in [0.25, 0.3) is 0 Å². The zero-order valence-electron chi connectivity index (χ0n) is 6.69. The predicted molar refractivity (Wildman–Crippen MR) is 49.9 cm³/mol. The highest BCUT2D eigenvalue weighted by molar-refractivity contribution is 6.31. The van der Waals surface area contributed by atoms with Gasteiger partial charge in [-0.15, -0.1) is 6.58 Å². The Morgan fingerprint density at radius 2 is 2.25 bits per heavy atom. The summed E-state index contributed by atoms with van der Waals surface area (Å²) in [6.45, 7) is 3.57. The molecule has 0 spiro atoms. The molecule has 0 radical (unpaired) electrons. The lowest BCUT2D eigenvalue weighted by Gasteiger charge is -2.02. The molecule has 2 heteroatoms. The molecule has 0 aliphatic heterocycles. The number of hydrogen-bond acceptors (Lipinski definition) is 0. The Kier molecular flexibility index (Phi) is 3.30. The molecular formula is C10H10ClF. The molecule has 0 atom stereocenters. The third kappa shape index (κ3) is 2.08. The van der Waals surface area contributed by atoms with E-state index in [1.54, 1.807) is 18.2 Å². The molecule has 0 N–H and O–H groups in total. The summed E-state index contributed by atoms with van der Waals surface area (Å²) in [5.74, 6) is -0.232. The first-order valence-corrected chi connectivity index (χ1v) is 4.17. The Morgan fingerprint density at radius 3 is 2.83 bits per heavy atom. The first-order valence-electron chi connectivity index (χ1n) is 3.79. The fourth-order valence-corrected chi connectivity index (χ4v) is 1.28. The molecule has 0 saturated heterocycles. The molecule has 1 rings (SSSR count). The van der Waals surface area contributed by atoms with Crippen molar-refractivity contribution >= 4 is 11.6 Å². The van der Waals surface area contributed by atoms with Crippen molar-refractivity contribution in [3.8, 4) is 0 Å². The second-order valence-electron chi connectivity index (χ2n) is 2.53. The molecule has 64 valence electrons. The second kappa shape index (κ2) is 4.27. The van der Waals surface area contributed by atoms with Gasteiger partial charge in [-0.1, -0.05) is 23.7 Å². The summed E-state index contributed by atoms with van der Waals surface area (Å²) in [6.07, 6.45) is 3.12. The molecule has 12 heavy (non-hydrogen) atoms. The standard InChI is InChI=1S/C10H10ClF/c1-2-3-5-8-9(11)6-4-7-10(8)12/h2,4,6-7H,1,3,5H2. The summed E-state index contributed by atoms with van der Waals surface area (Å²) in [7, 11) is 0. The van der Waals surface area contributed by atoms with Crippen LogP contribution in [-0.4, -0.2) is 0 Å². The smallest absolute Gasteiger partial charge is 0.127 e. The van der Waals surface area contributed by atoms with Gasteiger partial charge in [0.1, 0.15) is 5.82 Å². The van der Waals surface area contributed by atoms with E-state index in [-0.39, 0.29) is 5.82 Å². The lowest BCUT2D eigenvalue weighted by Crippen LogP contribution is -1.90. The zero-order chi connectivity index (χ0) is 8.97. The first kappa shape index (κ1) is 9.27. The summed E-state index contributed by atoms with van der Waals surface area (Å²) in [6, 6.07) is 4.72. The molecule has 0 nitrogen and oxygen atoms in total. The number of benzene rings is 1. The maximum Gasteiger partial charge on any atom is 0.127 e. The lowest BCUT2D eigenvalue weighted by molar-refractivity contribution is 0.609. The Hall–Kier alpha value is -0.820. The molecule has 1 aromatic rings. The van der Waals surface area contributed by atoms with E-state index in [4.69, 9.17) is 11.6 Å². The number of rotatable bonds is 3. The van der Waals surface area contributed by atoms with Gasteiger partial charge < -0.3 is 0 Å². The predicted octanol–water partition coefficient (Wildman–Crippen LogP) is 3.60. The fourth-order valence-electron chi connectivity index (χ4n) is 1.02. The van der Waals surface area contributed by atoms with Gasteiger partial charge in [0.15, 0.2) is 0 Å². The molecule has 0 aliphatic rings. The minimum atomic E-state index is -0.232. The monoisotopic (exact) mass is 184 g/mol. The van der Waals surface area contributed by atoms with E-state index in [1.165, 1.54) is 6.07 Å². The van der Waals surface area contributed by atoms with E-state index in [1.807, 2.05) is 0 Å². The van der Waals surface area contributed by atoms with Gasteiger partial charge in [-0.25, -0.2) is 4.39 Å². The highest BCUT2D eigenvalue weighted by Gasteiger charge is 2.04. The minimum absolute atomic E-state index is 0.232. The number of allylic oxidation sites excluding steroid dienone is 1. The van der Waals surface area contributed by atoms with Gasteiger partial charge in [0.05, 0.1) is 0 Å². The van der Waals surface area contributed by atoms with Crippen molar-refractivity contribution in [1.82, 2.24) is 0 Å². The number of halogens is 2. The summed E-state index contributed by atoms with van der Waals surface area (Å²) < 4.78 is 13.1. The second-order valence-corrected chi connectivity index (χ2v) is 2.93. The van der Waals surface area contributed by atoms with Crippen molar-refractivity contribution in [1.29, 1.82) is 0 Å². The largest absolute Gasteiger partial charge is 0.207 e. The van der Waals surface area contributed by atoms with Crippen LogP contribution in [0, 0.1) is 5.82 Å². The van der Waals surface area contributed by atoms with Crippen LogP contribution in [0.4, 0.5) is 4.39 Å². The maximum absolute atomic E-state index is 13.1. The van der Waals surface area contributed by atoms with Crippen LogP contribution >= 0.6 is 11.6 Å². The topological polar surface area (TPSA) is 0 Å². The average molecular weight is 185 g/mol. The molecular weight excluding hydrogens is 175 g/mol. The molecule has 0 bridgehead atoms. The SMILES string of the molecule is C=CCCc1c(F)cccc1Cl. The molecule has 0 heterocycles. The normalized spacial score (nSPS) is 9.83. The molecule has 0 amide bonds. The van der Waals surface area contributed by atoms with E-state index < -0.39 is 0 Å². The van der Waals surface area contributed by atoms with Crippen LogP contribution in [0.2, 0.25) is 5.02 Å². The Labute approximate surface area is 76.7 Å². The van der Waals surface area contributed by atoms with Gasteiger partial charge in [-0.3, -0.25) is 0 Å². The van der Waals surface area contributed by atoms with Crippen molar-refractivity contribution in [2.24, 2.45) is 0 Å². The van der Waals surface area contributed by atoms with Gasteiger partial charge in [0, 0.05) is 10.6 Å². The molecule has 0 unspecified atom stereocenters. The van der Waals surface area contributed by atoms with Crippen LogP contribution < -0.4 is 0 Å². The molecule has 1 aromatic carbocycles. The molecule has 0 fully saturated rings. The lowest BCUT2D eigenvalue weighted by atomic mass is 10.1. The first-order chi connectivity index (χ1) is 5.75. The van der Waals surface area contributed by atoms with Crippen molar-refractivity contribution in [2.45, 2.75) is 12.8 Å². The highest BCUT2D eigenvalue weighted by atomic mass is 35.5. The van der Waals surface area contributed by atoms with Crippen LogP contribution in [0.1, 0.15) is 12.0 Å². The van der Waals surface area contributed by atoms with E-state index >= 15 is 0 Å². The van der Waals surface area contributed by atoms with E-state index in [2.05, 4.69) is 6.58 Å².